The summed E-state index contributed by atoms with van der Waals surface area (Å²) in [6, 6.07) is 2.74. The molecule has 0 heterocycles. The van der Waals surface area contributed by atoms with E-state index in [0.29, 0.717) is 0 Å². The third-order valence-corrected chi connectivity index (χ3v) is 3.04. The average Bonchev–Trinajstić information content (AvgIpc) is 2.36. The molecule has 0 aromatic heterocycles. The zero-order valence-electron chi connectivity index (χ0n) is 10.4. The molecule has 1 rings (SSSR count). The van der Waals surface area contributed by atoms with Gasteiger partial charge in [0.25, 0.3) is 0 Å². The van der Waals surface area contributed by atoms with Crippen LogP contribution in [0, 0.1) is 0 Å². The molecule has 21 heavy (non-hydrogen) atoms. The molecule has 0 radical (unpaired) electrons. The Bertz CT molecular complexity index is 544. The van der Waals surface area contributed by atoms with E-state index in [2.05, 4.69) is 20.7 Å². The molecule has 0 fully saturated rings. The summed E-state index contributed by atoms with van der Waals surface area (Å²) in [4.78, 5) is 22.1. The number of carboxylic acids is 1. The molecule has 0 aliphatic carbocycles. The Morgan fingerprint density at radius 3 is 2.43 bits per heavy atom. The van der Waals surface area contributed by atoms with Crippen molar-refractivity contribution in [2.24, 2.45) is 0 Å². The molecule has 0 aliphatic heterocycles. The smallest absolute Gasteiger partial charge is 0.479 e. The Hall–Kier alpha value is -1.61. The first-order chi connectivity index (χ1) is 9.64. The predicted molar refractivity (Wildman–Crippen MR) is 68.2 cm³/mol. The maximum atomic E-state index is 12.1. The second kappa shape index (κ2) is 6.90. The van der Waals surface area contributed by atoms with E-state index in [-0.39, 0.29) is 22.9 Å². The summed E-state index contributed by atoms with van der Waals surface area (Å²) in [5, 5.41) is 18.2. The number of hydrogen-bond donors (Lipinski definition) is 2. The molecule has 1 unspecified atom stereocenters. The third-order valence-electron chi connectivity index (χ3n) is 2.41. The van der Waals surface area contributed by atoms with Crippen molar-refractivity contribution < 1.29 is 37.7 Å². The van der Waals surface area contributed by atoms with Crippen LogP contribution in [0.2, 0.25) is 0 Å². The highest BCUT2D eigenvalue weighted by molar-refractivity contribution is 9.09. The summed E-state index contributed by atoms with van der Waals surface area (Å²) >= 11 is 2.89. The fourth-order valence-corrected chi connectivity index (χ4v) is 1.79. The summed E-state index contributed by atoms with van der Waals surface area (Å²) in [7, 11) is 0. The fraction of sp³-hybridized carbons (Fsp3) is 0.333. The molecule has 2 N–H and O–H groups in total. The molecule has 0 aliphatic rings. The maximum Gasteiger partial charge on any atom is 0.573 e. The van der Waals surface area contributed by atoms with E-state index < -0.39 is 30.0 Å². The highest BCUT2D eigenvalue weighted by Crippen LogP contribution is 2.28. The van der Waals surface area contributed by atoms with Crippen LogP contribution in [0.25, 0.3) is 0 Å². The van der Waals surface area contributed by atoms with Gasteiger partial charge in [-0.25, -0.2) is 4.79 Å². The van der Waals surface area contributed by atoms with Crippen molar-refractivity contribution in [1.82, 2.24) is 0 Å². The number of benzene rings is 1. The quantitative estimate of drug-likeness (QED) is 0.750. The molecule has 1 atom stereocenters. The SMILES string of the molecule is O=C(CBr)Cc1cc(OC(F)(F)F)ccc1C(O)C(=O)O. The molecule has 9 heteroatoms. The van der Waals surface area contributed by atoms with Gasteiger partial charge in [-0.3, -0.25) is 4.79 Å². The summed E-state index contributed by atoms with van der Waals surface area (Å²) in [6.07, 6.45) is -7.19. The monoisotopic (exact) mass is 370 g/mol. The molecule has 1 aromatic carbocycles. The number of aliphatic hydroxyl groups is 1. The van der Waals surface area contributed by atoms with Crippen LogP contribution in [0.5, 0.6) is 5.75 Å². The summed E-state index contributed by atoms with van der Waals surface area (Å²) in [5.74, 6) is -2.56. The number of ketones is 1. The van der Waals surface area contributed by atoms with Gasteiger partial charge in [0.05, 0.1) is 5.33 Å². The molecule has 1 aromatic rings. The standard InChI is InChI=1S/C12H10BrF3O5/c13-5-7(17)3-6-4-8(21-12(14,15)16)1-2-9(6)10(18)11(19)20/h1-2,4,10,18H,3,5H2,(H,19,20). The molecule has 116 valence electrons. The van der Waals surface area contributed by atoms with E-state index >= 15 is 0 Å². The summed E-state index contributed by atoms with van der Waals surface area (Å²) in [6.45, 7) is 0. The van der Waals surface area contributed by atoms with Crippen molar-refractivity contribution in [1.29, 1.82) is 0 Å². The molecule has 0 saturated carbocycles. The fourth-order valence-electron chi connectivity index (χ4n) is 1.59. The first kappa shape index (κ1) is 17.4. The van der Waals surface area contributed by atoms with Crippen molar-refractivity contribution in [2.45, 2.75) is 18.9 Å². The molecule has 0 spiro atoms. The van der Waals surface area contributed by atoms with Crippen LogP contribution in [0.1, 0.15) is 17.2 Å². The Balaban J connectivity index is 3.19. The van der Waals surface area contributed by atoms with Gasteiger partial charge in [-0.15, -0.1) is 13.2 Å². The van der Waals surface area contributed by atoms with Gasteiger partial charge in [0, 0.05) is 6.42 Å². The van der Waals surface area contributed by atoms with Crippen LogP contribution in [-0.2, 0) is 16.0 Å². The number of aliphatic hydroxyl groups excluding tert-OH is 1. The zero-order chi connectivity index (χ0) is 16.2. The minimum Gasteiger partial charge on any atom is -0.479 e. The van der Waals surface area contributed by atoms with Crippen LogP contribution in [0.15, 0.2) is 18.2 Å². The van der Waals surface area contributed by atoms with Gasteiger partial charge in [-0.05, 0) is 23.3 Å². The highest BCUT2D eigenvalue weighted by Gasteiger charge is 2.31. The summed E-state index contributed by atoms with van der Waals surface area (Å²) < 4.78 is 40.1. The highest BCUT2D eigenvalue weighted by atomic mass is 79.9. The van der Waals surface area contributed by atoms with Gasteiger partial charge >= 0.3 is 12.3 Å². The van der Waals surface area contributed by atoms with Crippen molar-refractivity contribution in [2.75, 3.05) is 5.33 Å². The van der Waals surface area contributed by atoms with E-state index in [1.54, 1.807) is 0 Å². The predicted octanol–water partition coefficient (Wildman–Crippen LogP) is 2.21. The van der Waals surface area contributed by atoms with Crippen molar-refractivity contribution in [3.05, 3.63) is 29.3 Å². The number of aliphatic carboxylic acids is 1. The minimum absolute atomic E-state index is 0.0453. The number of carbonyl (C=O) groups excluding carboxylic acids is 1. The normalized spacial score (nSPS) is 12.8. The molecule has 0 amide bonds. The Morgan fingerprint density at radius 1 is 1.33 bits per heavy atom. The van der Waals surface area contributed by atoms with Gasteiger partial charge < -0.3 is 14.9 Å². The second-order valence-corrected chi connectivity index (χ2v) is 4.56. The second-order valence-electron chi connectivity index (χ2n) is 4.00. The molecule has 5 nitrogen and oxygen atoms in total. The van der Waals surface area contributed by atoms with Gasteiger partial charge in [-0.1, -0.05) is 22.0 Å². The minimum atomic E-state index is -4.91. The lowest BCUT2D eigenvalue weighted by Gasteiger charge is -2.15. The van der Waals surface area contributed by atoms with Gasteiger partial charge in [0.1, 0.15) is 11.5 Å². The Kier molecular flexibility index (Phi) is 5.73. The van der Waals surface area contributed by atoms with Crippen molar-refractivity contribution >= 4 is 27.7 Å². The number of ether oxygens (including phenoxy) is 1. The lowest BCUT2D eigenvalue weighted by atomic mass is 9.98. The number of carboxylic acid groups (broad SMARTS) is 1. The van der Waals surface area contributed by atoms with Crippen LogP contribution in [0.4, 0.5) is 13.2 Å². The first-order valence-electron chi connectivity index (χ1n) is 5.51. The van der Waals surface area contributed by atoms with Gasteiger partial charge in [0.15, 0.2) is 6.10 Å². The van der Waals surface area contributed by atoms with E-state index in [1.807, 2.05) is 0 Å². The van der Waals surface area contributed by atoms with Crippen LogP contribution >= 0.6 is 15.9 Å². The van der Waals surface area contributed by atoms with Crippen LogP contribution in [-0.4, -0.2) is 33.7 Å². The molecule has 0 bridgehead atoms. The molecule has 0 saturated heterocycles. The van der Waals surface area contributed by atoms with Crippen molar-refractivity contribution in [3.8, 4) is 5.75 Å². The first-order valence-corrected chi connectivity index (χ1v) is 6.63. The molecular formula is C12H10BrF3O5. The Labute approximate surface area is 125 Å². The Morgan fingerprint density at radius 2 is 1.95 bits per heavy atom. The lowest BCUT2D eigenvalue weighted by molar-refractivity contribution is -0.274. The van der Waals surface area contributed by atoms with E-state index in [1.165, 1.54) is 0 Å². The molecular weight excluding hydrogens is 361 g/mol. The van der Waals surface area contributed by atoms with Crippen molar-refractivity contribution in [3.63, 3.8) is 0 Å². The van der Waals surface area contributed by atoms with Gasteiger partial charge in [0.2, 0.25) is 0 Å². The van der Waals surface area contributed by atoms with E-state index in [4.69, 9.17) is 5.11 Å². The average molecular weight is 371 g/mol. The number of halogens is 4. The number of rotatable bonds is 6. The number of Topliss-reactive ketones (excluding diaryl/α,β-unsaturated/α-hetero) is 1. The van der Waals surface area contributed by atoms with E-state index in [9.17, 15) is 27.9 Å². The third kappa shape index (κ3) is 5.35. The van der Waals surface area contributed by atoms with Crippen LogP contribution < -0.4 is 4.74 Å². The maximum absolute atomic E-state index is 12.1. The largest absolute Gasteiger partial charge is 0.573 e. The number of alkyl halides is 4. The van der Waals surface area contributed by atoms with Crippen LogP contribution in [0.3, 0.4) is 0 Å². The topological polar surface area (TPSA) is 83.8 Å². The lowest BCUT2D eigenvalue weighted by Crippen LogP contribution is -2.19. The number of hydrogen-bond acceptors (Lipinski definition) is 4. The number of carbonyl (C=O) groups is 2. The van der Waals surface area contributed by atoms with E-state index in [0.717, 1.165) is 18.2 Å². The van der Waals surface area contributed by atoms with Gasteiger partial charge in [-0.2, -0.15) is 0 Å². The summed E-state index contributed by atoms with van der Waals surface area (Å²) in [5.41, 5.74) is -0.206. The zero-order valence-corrected chi connectivity index (χ0v) is 11.9.